The van der Waals surface area contributed by atoms with Crippen molar-refractivity contribution in [3.05, 3.63) is 65.2 Å². The lowest BCUT2D eigenvalue weighted by Crippen LogP contribution is -2.35. The highest BCUT2D eigenvalue weighted by Gasteiger charge is 2.19. The van der Waals surface area contributed by atoms with Crippen molar-refractivity contribution in [2.45, 2.75) is 46.6 Å². The van der Waals surface area contributed by atoms with Crippen LogP contribution in [0.3, 0.4) is 0 Å². The lowest BCUT2D eigenvalue weighted by molar-refractivity contribution is -0.148. The molecule has 0 saturated carbocycles. The van der Waals surface area contributed by atoms with Crippen molar-refractivity contribution in [2.24, 2.45) is 5.92 Å². The zero-order valence-corrected chi connectivity index (χ0v) is 18.0. The van der Waals surface area contributed by atoms with E-state index < -0.39 is 5.97 Å². The number of aryl methyl sites for hydroxylation is 1. The molecule has 0 spiro atoms. The number of carbonyl (C=O) groups is 3. The molecule has 0 saturated heterocycles. The maximum atomic E-state index is 12.3. The van der Waals surface area contributed by atoms with Gasteiger partial charge in [-0.1, -0.05) is 57.2 Å². The number of amides is 2. The molecule has 2 aromatic carbocycles. The minimum Gasteiger partial charge on any atom is -0.455 e. The summed E-state index contributed by atoms with van der Waals surface area (Å²) in [4.78, 5) is 35.4. The van der Waals surface area contributed by atoms with Crippen molar-refractivity contribution in [2.75, 3.05) is 11.9 Å². The van der Waals surface area contributed by atoms with Gasteiger partial charge in [0.15, 0.2) is 6.61 Å². The molecule has 0 heterocycles. The highest BCUT2D eigenvalue weighted by atomic mass is 16.5. The number of anilines is 1. The molecule has 30 heavy (non-hydrogen) atoms. The van der Waals surface area contributed by atoms with Crippen LogP contribution in [0.15, 0.2) is 48.5 Å². The van der Waals surface area contributed by atoms with Gasteiger partial charge in [0.05, 0.1) is 12.5 Å². The summed E-state index contributed by atoms with van der Waals surface area (Å²) in [5.74, 6) is -0.776. The Hall–Kier alpha value is -3.15. The molecule has 160 valence electrons. The molecule has 0 radical (unpaired) electrons. The number of hydrogen-bond acceptors (Lipinski definition) is 4. The first kappa shape index (κ1) is 23.1. The second-order valence-corrected chi connectivity index (χ2v) is 7.60. The van der Waals surface area contributed by atoms with Gasteiger partial charge in [-0.05, 0) is 41.2 Å². The van der Waals surface area contributed by atoms with E-state index in [0.29, 0.717) is 5.69 Å². The van der Waals surface area contributed by atoms with Crippen LogP contribution in [0.25, 0.3) is 0 Å². The summed E-state index contributed by atoms with van der Waals surface area (Å²) in [6.07, 6.45) is 1.02. The smallest absolute Gasteiger partial charge is 0.310 e. The van der Waals surface area contributed by atoms with Crippen LogP contribution in [-0.2, 0) is 32.0 Å². The van der Waals surface area contributed by atoms with Gasteiger partial charge < -0.3 is 15.4 Å². The van der Waals surface area contributed by atoms with E-state index in [9.17, 15) is 14.4 Å². The summed E-state index contributed by atoms with van der Waals surface area (Å²) in [7, 11) is 0. The summed E-state index contributed by atoms with van der Waals surface area (Å²) in [6.45, 7) is 7.28. The summed E-state index contributed by atoms with van der Waals surface area (Å²) >= 11 is 0. The minimum absolute atomic E-state index is 0.0553. The zero-order chi connectivity index (χ0) is 22.1. The van der Waals surface area contributed by atoms with Gasteiger partial charge in [0.1, 0.15) is 0 Å². The molecular formula is C24H30N2O4. The predicted octanol–water partition coefficient (Wildman–Crippen LogP) is 3.81. The Labute approximate surface area is 178 Å². The largest absolute Gasteiger partial charge is 0.455 e. The second kappa shape index (κ2) is 11.1. The Morgan fingerprint density at radius 1 is 0.933 bits per heavy atom. The molecule has 0 aromatic heterocycles. The van der Waals surface area contributed by atoms with Gasteiger partial charge in [-0.25, -0.2) is 0 Å². The summed E-state index contributed by atoms with van der Waals surface area (Å²) in [5, 5.41) is 5.62. The van der Waals surface area contributed by atoms with Crippen LogP contribution in [-0.4, -0.2) is 24.4 Å². The molecule has 6 nitrogen and oxygen atoms in total. The van der Waals surface area contributed by atoms with E-state index in [1.807, 2.05) is 26.0 Å². The van der Waals surface area contributed by atoms with Crippen LogP contribution in [0.2, 0.25) is 0 Å². The van der Waals surface area contributed by atoms with Gasteiger partial charge in [-0.3, -0.25) is 14.4 Å². The van der Waals surface area contributed by atoms with Crippen molar-refractivity contribution in [3.63, 3.8) is 0 Å². The average molecular weight is 411 g/mol. The molecule has 2 rings (SSSR count). The Morgan fingerprint density at radius 2 is 1.53 bits per heavy atom. The fraction of sp³-hybridized carbons (Fsp3) is 0.375. The van der Waals surface area contributed by atoms with Crippen molar-refractivity contribution in [1.29, 1.82) is 0 Å². The molecule has 0 bridgehead atoms. The van der Waals surface area contributed by atoms with Crippen molar-refractivity contribution >= 4 is 23.5 Å². The Balaban J connectivity index is 1.85. The monoisotopic (exact) mass is 410 g/mol. The molecule has 0 aliphatic rings. The van der Waals surface area contributed by atoms with Crippen LogP contribution in [0, 0.1) is 5.92 Å². The number of esters is 1. The molecule has 1 atom stereocenters. The number of nitrogens with one attached hydrogen (secondary N) is 2. The topological polar surface area (TPSA) is 84.5 Å². The average Bonchev–Trinajstić information content (AvgIpc) is 2.71. The SMILES string of the molecule is CCc1ccc([C@H](NC(=O)COC(=O)Cc2ccc(NC(C)=O)cc2)C(C)C)cc1. The summed E-state index contributed by atoms with van der Waals surface area (Å²) in [6, 6.07) is 14.9. The Morgan fingerprint density at radius 3 is 2.07 bits per heavy atom. The standard InChI is InChI=1S/C24H30N2O4/c1-5-18-6-10-20(11-7-18)24(16(2)3)26-22(28)15-30-23(29)14-19-8-12-21(13-9-19)25-17(4)27/h6-13,16,24H,5,14-15H2,1-4H3,(H,25,27)(H,26,28)/t24-/m1/s1. The van der Waals surface area contributed by atoms with Crippen molar-refractivity contribution < 1.29 is 19.1 Å². The van der Waals surface area contributed by atoms with E-state index in [2.05, 4.69) is 29.7 Å². The van der Waals surface area contributed by atoms with Crippen molar-refractivity contribution in [1.82, 2.24) is 5.32 Å². The molecule has 0 aliphatic heterocycles. The fourth-order valence-electron chi connectivity index (χ4n) is 3.08. The van der Waals surface area contributed by atoms with Gasteiger partial charge in [-0.2, -0.15) is 0 Å². The first-order chi connectivity index (χ1) is 14.3. The van der Waals surface area contributed by atoms with Gasteiger partial charge in [0.25, 0.3) is 5.91 Å². The molecule has 0 aliphatic carbocycles. The van der Waals surface area contributed by atoms with Crippen LogP contribution in [0.5, 0.6) is 0 Å². The third-order valence-electron chi connectivity index (χ3n) is 4.72. The number of benzene rings is 2. The first-order valence-corrected chi connectivity index (χ1v) is 10.2. The van der Waals surface area contributed by atoms with E-state index in [0.717, 1.165) is 17.5 Å². The second-order valence-electron chi connectivity index (χ2n) is 7.60. The Bertz CT molecular complexity index is 858. The molecule has 0 unspecified atom stereocenters. The molecular weight excluding hydrogens is 380 g/mol. The van der Waals surface area contributed by atoms with E-state index in [1.54, 1.807) is 24.3 Å². The third-order valence-corrected chi connectivity index (χ3v) is 4.72. The zero-order valence-electron chi connectivity index (χ0n) is 18.0. The highest BCUT2D eigenvalue weighted by molar-refractivity contribution is 5.88. The normalized spacial score (nSPS) is 11.6. The first-order valence-electron chi connectivity index (χ1n) is 10.2. The van der Waals surface area contributed by atoms with Crippen molar-refractivity contribution in [3.8, 4) is 0 Å². The van der Waals surface area contributed by atoms with Crippen LogP contribution in [0.1, 0.15) is 50.4 Å². The predicted molar refractivity (Wildman–Crippen MR) is 117 cm³/mol. The molecule has 0 fully saturated rings. The maximum absolute atomic E-state index is 12.3. The van der Waals surface area contributed by atoms with E-state index in [1.165, 1.54) is 12.5 Å². The van der Waals surface area contributed by atoms with E-state index in [4.69, 9.17) is 4.74 Å². The van der Waals surface area contributed by atoms with Gasteiger partial charge in [-0.15, -0.1) is 0 Å². The number of rotatable bonds is 9. The number of carbonyl (C=O) groups excluding carboxylic acids is 3. The molecule has 2 N–H and O–H groups in total. The van der Waals surface area contributed by atoms with Crippen LogP contribution >= 0.6 is 0 Å². The van der Waals surface area contributed by atoms with E-state index in [-0.39, 0.29) is 36.8 Å². The lowest BCUT2D eigenvalue weighted by atomic mass is 9.95. The summed E-state index contributed by atoms with van der Waals surface area (Å²) < 4.78 is 5.13. The molecule has 6 heteroatoms. The number of ether oxygens (including phenoxy) is 1. The molecule has 2 aromatic rings. The lowest BCUT2D eigenvalue weighted by Gasteiger charge is -2.23. The van der Waals surface area contributed by atoms with Crippen LogP contribution < -0.4 is 10.6 Å². The van der Waals surface area contributed by atoms with Gasteiger partial charge in [0, 0.05) is 12.6 Å². The molecule has 2 amide bonds. The maximum Gasteiger partial charge on any atom is 0.310 e. The Kier molecular flexibility index (Phi) is 8.59. The fourth-order valence-corrected chi connectivity index (χ4v) is 3.08. The van der Waals surface area contributed by atoms with Gasteiger partial charge in [0.2, 0.25) is 5.91 Å². The van der Waals surface area contributed by atoms with Gasteiger partial charge >= 0.3 is 5.97 Å². The van der Waals surface area contributed by atoms with Crippen LogP contribution in [0.4, 0.5) is 5.69 Å². The third kappa shape index (κ3) is 7.35. The summed E-state index contributed by atoms with van der Waals surface area (Å²) in [5.41, 5.74) is 3.67. The minimum atomic E-state index is -0.481. The van der Waals surface area contributed by atoms with E-state index >= 15 is 0 Å². The quantitative estimate of drug-likeness (QED) is 0.616. The number of hydrogen-bond donors (Lipinski definition) is 2. The highest BCUT2D eigenvalue weighted by Crippen LogP contribution is 2.22.